The maximum absolute atomic E-state index is 12.4. The average Bonchev–Trinajstić information content (AvgIpc) is 2.45. The van der Waals surface area contributed by atoms with E-state index in [-0.39, 0.29) is 12.5 Å². The number of hydrogen-bond acceptors (Lipinski definition) is 5. The highest BCUT2D eigenvalue weighted by Crippen LogP contribution is 2.18. The second-order valence-corrected chi connectivity index (χ2v) is 3.88. The minimum atomic E-state index is -0.449. The zero-order valence-electron chi connectivity index (χ0n) is 11.4. The van der Waals surface area contributed by atoms with Crippen molar-refractivity contribution in [3.05, 3.63) is 24.0 Å². The first kappa shape index (κ1) is 14.9. The molecule has 0 fully saturated rings. The number of ether oxygens (including phenoxy) is 2. The molecule has 1 rings (SSSR count). The number of aromatic nitrogens is 1. The Bertz CT molecular complexity index is 448. The van der Waals surface area contributed by atoms with Gasteiger partial charge in [0.2, 0.25) is 0 Å². The molecule has 0 aliphatic rings. The molecule has 0 bridgehead atoms. The number of rotatable bonds is 6. The normalized spacial score (nSPS) is 9.84. The monoisotopic (exact) mass is 266 g/mol. The summed E-state index contributed by atoms with van der Waals surface area (Å²) < 4.78 is 9.69. The Morgan fingerprint density at radius 2 is 2.11 bits per heavy atom. The van der Waals surface area contributed by atoms with E-state index in [2.05, 4.69) is 9.72 Å². The molecule has 0 unspecified atom stereocenters. The Labute approximate surface area is 112 Å². The van der Waals surface area contributed by atoms with E-state index in [1.54, 1.807) is 6.07 Å². The average molecular weight is 266 g/mol. The third-order valence-corrected chi connectivity index (χ3v) is 2.56. The minimum Gasteiger partial charge on any atom is -0.494 e. The van der Waals surface area contributed by atoms with Gasteiger partial charge in [-0.3, -0.25) is 14.6 Å². The number of carbonyl (C=O) groups excluding carboxylic acids is 2. The van der Waals surface area contributed by atoms with E-state index < -0.39 is 5.97 Å². The van der Waals surface area contributed by atoms with Gasteiger partial charge in [0.15, 0.2) is 0 Å². The van der Waals surface area contributed by atoms with Crippen LogP contribution < -0.4 is 4.74 Å². The van der Waals surface area contributed by atoms with Crippen molar-refractivity contribution < 1.29 is 19.1 Å². The molecule has 1 amide bonds. The summed E-state index contributed by atoms with van der Waals surface area (Å²) in [5.41, 5.74) is 0.384. The second-order valence-electron chi connectivity index (χ2n) is 3.88. The molecule has 0 aromatic carbocycles. The quantitative estimate of drug-likeness (QED) is 0.722. The first-order valence-corrected chi connectivity index (χ1v) is 5.98. The van der Waals surface area contributed by atoms with Crippen LogP contribution in [0.15, 0.2) is 18.5 Å². The lowest BCUT2D eigenvalue weighted by Crippen LogP contribution is -2.37. The zero-order chi connectivity index (χ0) is 14.3. The van der Waals surface area contributed by atoms with Gasteiger partial charge >= 0.3 is 5.97 Å². The van der Waals surface area contributed by atoms with Crippen LogP contribution in [0.1, 0.15) is 23.7 Å². The van der Waals surface area contributed by atoms with Crippen molar-refractivity contribution in [3.8, 4) is 5.75 Å². The molecule has 6 nitrogen and oxygen atoms in total. The van der Waals surface area contributed by atoms with Crippen molar-refractivity contribution in [2.75, 3.05) is 27.3 Å². The molecule has 1 aromatic rings. The molecule has 0 N–H and O–H groups in total. The standard InChI is InChI=1S/C13H18N2O4/c1-4-7-15(9-12(16)19-3)13(17)10-5-6-14-8-11(10)18-2/h5-6,8H,4,7,9H2,1-3H3. The summed E-state index contributed by atoms with van der Waals surface area (Å²) in [5.74, 6) is -0.334. The van der Waals surface area contributed by atoms with Crippen molar-refractivity contribution in [2.24, 2.45) is 0 Å². The number of methoxy groups -OCH3 is 2. The van der Waals surface area contributed by atoms with E-state index in [1.807, 2.05) is 6.92 Å². The van der Waals surface area contributed by atoms with Crippen LogP contribution in [0.2, 0.25) is 0 Å². The highest BCUT2D eigenvalue weighted by molar-refractivity contribution is 5.98. The van der Waals surface area contributed by atoms with Gasteiger partial charge in [0, 0.05) is 12.7 Å². The van der Waals surface area contributed by atoms with Crippen molar-refractivity contribution >= 4 is 11.9 Å². The molecule has 19 heavy (non-hydrogen) atoms. The maximum Gasteiger partial charge on any atom is 0.325 e. The van der Waals surface area contributed by atoms with Gasteiger partial charge in [-0.1, -0.05) is 6.92 Å². The van der Waals surface area contributed by atoms with Gasteiger partial charge < -0.3 is 14.4 Å². The summed E-state index contributed by atoms with van der Waals surface area (Å²) in [6, 6.07) is 1.57. The lowest BCUT2D eigenvalue weighted by atomic mass is 10.2. The molecule has 0 spiro atoms. The van der Waals surface area contributed by atoms with Crippen LogP contribution in [0, 0.1) is 0 Å². The summed E-state index contributed by atoms with van der Waals surface area (Å²) in [7, 11) is 2.77. The maximum atomic E-state index is 12.4. The van der Waals surface area contributed by atoms with Gasteiger partial charge in [0.25, 0.3) is 5.91 Å². The molecule has 104 valence electrons. The van der Waals surface area contributed by atoms with Crippen LogP contribution in [0.25, 0.3) is 0 Å². The third kappa shape index (κ3) is 3.94. The predicted octanol–water partition coefficient (Wildman–Crippen LogP) is 1.12. The first-order valence-electron chi connectivity index (χ1n) is 5.98. The van der Waals surface area contributed by atoms with Gasteiger partial charge in [-0.25, -0.2) is 0 Å². The lowest BCUT2D eigenvalue weighted by molar-refractivity contribution is -0.141. The van der Waals surface area contributed by atoms with E-state index in [0.29, 0.717) is 17.9 Å². The van der Waals surface area contributed by atoms with Crippen LogP contribution in [0.4, 0.5) is 0 Å². The number of hydrogen-bond donors (Lipinski definition) is 0. The molecule has 6 heteroatoms. The van der Waals surface area contributed by atoms with E-state index in [4.69, 9.17) is 4.74 Å². The van der Waals surface area contributed by atoms with Crippen molar-refractivity contribution in [3.63, 3.8) is 0 Å². The molecule has 0 saturated heterocycles. The molecule has 0 atom stereocenters. The van der Waals surface area contributed by atoms with Gasteiger partial charge in [0.1, 0.15) is 12.3 Å². The molecule has 0 saturated carbocycles. The van der Waals surface area contributed by atoms with Crippen molar-refractivity contribution in [1.82, 2.24) is 9.88 Å². The van der Waals surface area contributed by atoms with E-state index in [0.717, 1.165) is 6.42 Å². The Morgan fingerprint density at radius 1 is 1.37 bits per heavy atom. The fourth-order valence-electron chi connectivity index (χ4n) is 1.63. The molecule has 1 aromatic heterocycles. The number of amides is 1. The van der Waals surface area contributed by atoms with E-state index >= 15 is 0 Å². The summed E-state index contributed by atoms with van der Waals surface area (Å²) in [5, 5.41) is 0. The molecule has 0 radical (unpaired) electrons. The SMILES string of the molecule is CCCN(CC(=O)OC)C(=O)c1ccncc1OC. The number of pyridine rings is 1. The van der Waals surface area contributed by atoms with Gasteiger partial charge in [0.05, 0.1) is 26.0 Å². The lowest BCUT2D eigenvalue weighted by Gasteiger charge is -2.21. The minimum absolute atomic E-state index is 0.0748. The topological polar surface area (TPSA) is 68.7 Å². The Morgan fingerprint density at radius 3 is 2.68 bits per heavy atom. The smallest absolute Gasteiger partial charge is 0.325 e. The largest absolute Gasteiger partial charge is 0.494 e. The van der Waals surface area contributed by atoms with Crippen LogP contribution in [0.3, 0.4) is 0 Å². The van der Waals surface area contributed by atoms with E-state index in [9.17, 15) is 9.59 Å². The predicted molar refractivity (Wildman–Crippen MR) is 69.0 cm³/mol. The fourth-order valence-corrected chi connectivity index (χ4v) is 1.63. The van der Waals surface area contributed by atoms with Crippen LogP contribution in [-0.2, 0) is 9.53 Å². The van der Waals surface area contributed by atoms with E-state index in [1.165, 1.54) is 31.5 Å². The van der Waals surface area contributed by atoms with Crippen LogP contribution in [0.5, 0.6) is 5.75 Å². The molecular weight excluding hydrogens is 248 g/mol. The summed E-state index contributed by atoms with van der Waals surface area (Å²) in [4.78, 5) is 29.0. The molecular formula is C13H18N2O4. The van der Waals surface area contributed by atoms with Crippen molar-refractivity contribution in [1.29, 1.82) is 0 Å². The summed E-state index contributed by atoms with van der Waals surface area (Å²) >= 11 is 0. The number of esters is 1. The molecule has 0 aliphatic carbocycles. The van der Waals surface area contributed by atoms with Crippen LogP contribution >= 0.6 is 0 Å². The summed E-state index contributed by atoms with van der Waals surface area (Å²) in [6.07, 6.45) is 3.73. The van der Waals surface area contributed by atoms with Gasteiger partial charge in [-0.05, 0) is 12.5 Å². The Balaban J connectivity index is 2.95. The highest BCUT2D eigenvalue weighted by Gasteiger charge is 2.21. The molecule has 1 heterocycles. The van der Waals surface area contributed by atoms with Gasteiger partial charge in [-0.15, -0.1) is 0 Å². The third-order valence-electron chi connectivity index (χ3n) is 2.56. The Kier molecular flexibility index (Phi) is 5.78. The Hall–Kier alpha value is -2.11. The fraction of sp³-hybridized carbons (Fsp3) is 0.462. The summed E-state index contributed by atoms with van der Waals surface area (Å²) in [6.45, 7) is 2.33. The van der Waals surface area contributed by atoms with Crippen LogP contribution in [-0.4, -0.2) is 49.1 Å². The zero-order valence-corrected chi connectivity index (χ0v) is 11.4. The number of nitrogens with zero attached hydrogens (tertiary/aromatic N) is 2. The first-order chi connectivity index (χ1) is 9.13. The van der Waals surface area contributed by atoms with Crippen molar-refractivity contribution in [2.45, 2.75) is 13.3 Å². The molecule has 0 aliphatic heterocycles. The highest BCUT2D eigenvalue weighted by atomic mass is 16.5. The number of carbonyl (C=O) groups is 2. The second kappa shape index (κ2) is 7.35. The van der Waals surface area contributed by atoms with Gasteiger partial charge in [-0.2, -0.15) is 0 Å².